The van der Waals surface area contributed by atoms with Gasteiger partial charge < -0.3 is 14.7 Å². The summed E-state index contributed by atoms with van der Waals surface area (Å²) in [5, 5.41) is 14.3. The normalized spacial score (nSPS) is 14.3. The molecule has 2 N–H and O–H groups in total. The fourth-order valence-corrected chi connectivity index (χ4v) is 3.96. The van der Waals surface area contributed by atoms with Gasteiger partial charge in [0.1, 0.15) is 0 Å². The Morgan fingerprint density at radius 1 is 1.14 bits per heavy atom. The van der Waals surface area contributed by atoms with Crippen molar-refractivity contribution in [1.29, 1.82) is 0 Å². The minimum Gasteiger partial charge on any atom is -0.478 e. The molecule has 8 heteroatoms. The molecule has 29 heavy (non-hydrogen) atoms. The highest BCUT2D eigenvalue weighted by Crippen LogP contribution is 2.32. The van der Waals surface area contributed by atoms with E-state index in [0.717, 1.165) is 34.4 Å². The highest BCUT2D eigenvalue weighted by atomic mass is 32.1. The van der Waals surface area contributed by atoms with Gasteiger partial charge >= 0.3 is 5.97 Å². The number of hydrogen-bond acceptors (Lipinski definition) is 7. The molecule has 7 nitrogen and oxygen atoms in total. The largest absolute Gasteiger partial charge is 0.478 e. The van der Waals surface area contributed by atoms with Gasteiger partial charge in [0, 0.05) is 18.7 Å². The second-order valence-corrected chi connectivity index (χ2v) is 7.44. The number of carboxylic acids is 1. The third kappa shape index (κ3) is 4.61. The molecule has 3 aromatic rings. The molecule has 0 spiro atoms. The van der Waals surface area contributed by atoms with Crippen LogP contribution in [0.4, 0.5) is 10.8 Å². The van der Waals surface area contributed by atoms with E-state index in [2.05, 4.69) is 15.4 Å². The number of rotatable bonds is 6. The second-order valence-electron chi connectivity index (χ2n) is 6.43. The van der Waals surface area contributed by atoms with Crippen LogP contribution in [0.3, 0.4) is 0 Å². The topological polar surface area (TPSA) is 87.0 Å². The molecule has 1 fully saturated rings. The first-order valence-electron chi connectivity index (χ1n) is 9.22. The molecule has 0 amide bonds. The van der Waals surface area contributed by atoms with Crippen LogP contribution in [0.25, 0.3) is 11.3 Å². The number of thiazole rings is 1. The maximum absolute atomic E-state index is 10.9. The lowest BCUT2D eigenvalue weighted by atomic mass is 10.1. The van der Waals surface area contributed by atoms with Crippen molar-refractivity contribution in [3.63, 3.8) is 0 Å². The summed E-state index contributed by atoms with van der Waals surface area (Å²) in [6, 6.07) is 16.5. The highest BCUT2D eigenvalue weighted by molar-refractivity contribution is 7.17. The van der Waals surface area contributed by atoms with Crippen LogP contribution >= 0.6 is 11.3 Å². The maximum atomic E-state index is 10.9. The SMILES string of the molecule is O=C(O)c1ccc(N/N=C\c2sc(N3CCOCC3)nc2-c2ccccc2)cc1. The molecule has 1 aliphatic rings. The number of ether oxygens (including phenoxy) is 1. The standard InChI is InChI=1S/C21H20N4O3S/c26-20(27)16-6-8-17(9-7-16)24-22-14-18-19(15-4-2-1-3-5-15)23-21(29-18)25-10-12-28-13-11-25/h1-9,14,24H,10-13H2,(H,26,27)/b22-14-. The Bertz CT molecular complexity index is 997. The van der Waals surface area contributed by atoms with Crippen LogP contribution in [0.5, 0.6) is 0 Å². The van der Waals surface area contributed by atoms with Crippen LogP contribution < -0.4 is 10.3 Å². The Morgan fingerprint density at radius 2 is 1.86 bits per heavy atom. The molecular formula is C21H20N4O3S. The van der Waals surface area contributed by atoms with Crippen molar-refractivity contribution in [3.8, 4) is 11.3 Å². The van der Waals surface area contributed by atoms with Gasteiger partial charge in [0.25, 0.3) is 0 Å². The molecule has 0 radical (unpaired) electrons. The van der Waals surface area contributed by atoms with Gasteiger partial charge in [-0.1, -0.05) is 41.7 Å². The quantitative estimate of drug-likeness (QED) is 0.477. The summed E-state index contributed by atoms with van der Waals surface area (Å²) in [5.41, 5.74) is 5.83. The van der Waals surface area contributed by atoms with Crippen LogP contribution in [0.15, 0.2) is 59.7 Å². The maximum Gasteiger partial charge on any atom is 0.335 e. The summed E-state index contributed by atoms with van der Waals surface area (Å²) in [6.07, 6.45) is 1.76. The van der Waals surface area contributed by atoms with Crippen LogP contribution in [0.1, 0.15) is 15.2 Å². The first-order chi connectivity index (χ1) is 14.2. The lowest BCUT2D eigenvalue weighted by molar-refractivity contribution is 0.0697. The van der Waals surface area contributed by atoms with Crippen LogP contribution in [-0.2, 0) is 4.74 Å². The number of aromatic carboxylic acids is 1. The number of carbonyl (C=O) groups is 1. The summed E-state index contributed by atoms with van der Waals surface area (Å²) in [6.45, 7) is 3.06. The molecule has 148 valence electrons. The number of hydrazone groups is 1. The van der Waals surface area contributed by atoms with Crippen molar-refractivity contribution in [2.75, 3.05) is 36.6 Å². The summed E-state index contributed by atoms with van der Waals surface area (Å²) in [7, 11) is 0. The fraction of sp³-hybridized carbons (Fsp3) is 0.190. The lowest BCUT2D eigenvalue weighted by Crippen LogP contribution is -2.36. The Balaban J connectivity index is 1.56. The summed E-state index contributed by atoms with van der Waals surface area (Å²) >= 11 is 1.59. The van der Waals surface area contributed by atoms with Gasteiger partial charge in [-0.2, -0.15) is 5.10 Å². The molecule has 2 aromatic carbocycles. The minimum absolute atomic E-state index is 0.239. The van der Waals surface area contributed by atoms with Gasteiger partial charge in [-0.15, -0.1) is 0 Å². The molecule has 1 aromatic heterocycles. The Morgan fingerprint density at radius 3 is 2.55 bits per heavy atom. The first-order valence-corrected chi connectivity index (χ1v) is 10.0. The third-order valence-electron chi connectivity index (χ3n) is 4.48. The van der Waals surface area contributed by atoms with Gasteiger partial charge in [-0.25, -0.2) is 9.78 Å². The average molecular weight is 408 g/mol. The van der Waals surface area contributed by atoms with Gasteiger partial charge in [0.15, 0.2) is 5.13 Å². The van der Waals surface area contributed by atoms with E-state index in [-0.39, 0.29) is 5.56 Å². The van der Waals surface area contributed by atoms with E-state index in [1.54, 1.807) is 41.8 Å². The smallest absolute Gasteiger partial charge is 0.335 e. The second kappa shape index (κ2) is 8.85. The van der Waals surface area contributed by atoms with E-state index in [1.165, 1.54) is 0 Å². The van der Waals surface area contributed by atoms with E-state index in [0.29, 0.717) is 18.9 Å². The fourth-order valence-electron chi connectivity index (χ4n) is 2.95. The number of aromatic nitrogens is 1. The number of nitrogens with one attached hydrogen (secondary N) is 1. The van der Waals surface area contributed by atoms with E-state index < -0.39 is 5.97 Å². The van der Waals surface area contributed by atoms with Crippen molar-refractivity contribution in [2.24, 2.45) is 5.10 Å². The first kappa shape index (κ1) is 19.1. The summed E-state index contributed by atoms with van der Waals surface area (Å²) in [5.74, 6) is -0.951. The Kier molecular flexibility index (Phi) is 5.83. The monoisotopic (exact) mass is 408 g/mol. The zero-order valence-corrected chi connectivity index (χ0v) is 16.4. The van der Waals surface area contributed by atoms with E-state index in [4.69, 9.17) is 14.8 Å². The third-order valence-corrected chi connectivity index (χ3v) is 5.53. The molecule has 1 aliphatic heterocycles. The Hall–Kier alpha value is -3.23. The van der Waals surface area contributed by atoms with Gasteiger partial charge in [0.2, 0.25) is 0 Å². The zero-order chi connectivity index (χ0) is 20.1. The number of morpholine rings is 1. The van der Waals surface area contributed by atoms with E-state index >= 15 is 0 Å². The average Bonchev–Trinajstić information content (AvgIpc) is 3.19. The summed E-state index contributed by atoms with van der Waals surface area (Å²) < 4.78 is 5.44. The number of hydrogen-bond donors (Lipinski definition) is 2. The predicted molar refractivity (Wildman–Crippen MR) is 115 cm³/mol. The van der Waals surface area contributed by atoms with Crippen molar-refractivity contribution in [2.45, 2.75) is 0 Å². The van der Waals surface area contributed by atoms with Gasteiger partial charge in [0.05, 0.1) is 41.3 Å². The predicted octanol–water partition coefficient (Wildman–Crippen LogP) is 3.79. The zero-order valence-electron chi connectivity index (χ0n) is 15.6. The number of nitrogens with zero attached hydrogens (tertiary/aromatic N) is 3. The molecule has 0 aliphatic carbocycles. The molecule has 0 atom stereocenters. The van der Waals surface area contributed by atoms with Crippen LogP contribution in [0.2, 0.25) is 0 Å². The molecule has 2 heterocycles. The lowest BCUT2D eigenvalue weighted by Gasteiger charge is -2.26. The minimum atomic E-state index is -0.951. The van der Waals surface area contributed by atoms with Crippen molar-refractivity contribution in [3.05, 3.63) is 65.0 Å². The van der Waals surface area contributed by atoms with Gasteiger partial charge in [-0.3, -0.25) is 5.43 Å². The molecule has 1 saturated heterocycles. The van der Waals surface area contributed by atoms with Crippen molar-refractivity contribution in [1.82, 2.24) is 4.98 Å². The van der Waals surface area contributed by atoms with E-state index in [1.807, 2.05) is 30.3 Å². The molecular weight excluding hydrogens is 388 g/mol. The van der Waals surface area contributed by atoms with E-state index in [9.17, 15) is 4.79 Å². The molecule has 0 bridgehead atoms. The van der Waals surface area contributed by atoms with Crippen LogP contribution in [-0.4, -0.2) is 48.6 Å². The van der Waals surface area contributed by atoms with Crippen molar-refractivity contribution < 1.29 is 14.6 Å². The molecule has 0 unspecified atom stereocenters. The molecule has 0 saturated carbocycles. The van der Waals surface area contributed by atoms with Crippen LogP contribution in [0, 0.1) is 0 Å². The Labute approximate surface area is 172 Å². The number of benzene rings is 2. The van der Waals surface area contributed by atoms with Gasteiger partial charge in [-0.05, 0) is 24.3 Å². The van der Waals surface area contributed by atoms with Crippen molar-refractivity contribution >= 4 is 34.3 Å². The molecule has 4 rings (SSSR count). The number of anilines is 2. The summed E-state index contributed by atoms with van der Waals surface area (Å²) in [4.78, 5) is 19.0. The highest BCUT2D eigenvalue weighted by Gasteiger charge is 2.18. The number of carboxylic acid groups (broad SMARTS) is 1.